The molecule has 2 saturated carbocycles. The predicted molar refractivity (Wildman–Crippen MR) is 298 cm³/mol. The van der Waals surface area contributed by atoms with E-state index in [4.69, 9.17) is 9.47 Å². The Labute approximate surface area is 477 Å². The average molecular weight is 1140 g/mol. The van der Waals surface area contributed by atoms with E-state index in [0.29, 0.717) is 61.2 Å². The number of halogens is 2. The van der Waals surface area contributed by atoms with Crippen molar-refractivity contribution in [1.29, 1.82) is 0 Å². The van der Waals surface area contributed by atoms with Crippen LogP contribution in [0.5, 0.6) is 11.5 Å². The third-order valence-electron chi connectivity index (χ3n) is 17.5. The second-order valence-electron chi connectivity index (χ2n) is 23.0. The zero-order chi connectivity index (χ0) is 58.2. The molecule has 0 spiro atoms. The third-order valence-corrected chi connectivity index (χ3v) is 17.5. The van der Waals surface area contributed by atoms with Crippen molar-refractivity contribution in [2.75, 3.05) is 40.4 Å². The van der Waals surface area contributed by atoms with Crippen LogP contribution in [0.3, 0.4) is 0 Å². The molecule has 442 valence electrons. The van der Waals surface area contributed by atoms with Crippen molar-refractivity contribution in [3.8, 4) is 11.5 Å². The Morgan fingerprint density at radius 2 is 0.890 bits per heavy atom. The van der Waals surface area contributed by atoms with Gasteiger partial charge in [-0.15, -0.1) is 0 Å². The molecule has 6 aliphatic rings. The molecule has 2 saturated heterocycles. The summed E-state index contributed by atoms with van der Waals surface area (Å²) in [7, 11) is 3.30. The van der Waals surface area contributed by atoms with Crippen LogP contribution in [0.2, 0.25) is 0 Å². The summed E-state index contributed by atoms with van der Waals surface area (Å²) in [6.07, 6.45) is 9.30. The summed E-state index contributed by atoms with van der Waals surface area (Å²) < 4.78 is 39.8. The first-order chi connectivity index (χ1) is 39.5. The molecule has 8 amide bonds. The monoisotopic (exact) mass is 1140 g/mol. The van der Waals surface area contributed by atoms with Crippen molar-refractivity contribution in [3.05, 3.63) is 94.6 Å². The third kappa shape index (κ3) is 13.8. The molecule has 0 aromatic heterocycles. The molecule has 2 aliphatic carbocycles. The number of ether oxygens (including phenoxy) is 2. The molecule has 4 heterocycles. The molecule has 20 nitrogen and oxygen atoms in total. The van der Waals surface area contributed by atoms with Gasteiger partial charge in [0.2, 0.25) is 35.4 Å². The van der Waals surface area contributed by atoms with E-state index in [1.807, 2.05) is 0 Å². The van der Waals surface area contributed by atoms with Gasteiger partial charge in [-0.05, 0) is 115 Å². The molecule has 3 aromatic rings. The Hall–Kier alpha value is -7.20. The number of nitrogens with one attached hydrogen (secondary N) is 8. The molecular formula is C60H78F2N10O10. The highest BCUT2D eigenvalue weighted by molar-refractivity contribution is 5.99. The largest absolute Gasteiger partial charge is 0.493 e. The number of likely N-dealkylation sites (tertiary alicyclic amines) is 2. The summed E-state index contributed by atoms with van der Waals surface area (Å²) in [4.78, 5) is 117. The predicted octanol–water partition coefficient (Wildman–Crippen LogP) is 3.99. The molecular weight excluding hydrogens is 1060 g/mol. The van der Waals surface area contributed by atoms with Crippen molar-refractivity contribution in [1.82, 2.24) is 52.3 Å². The van der Waals surface area contributed by atoms with E-state index in [0.717, 1.165) is 38.5 Å². The Kier molecular flexibility index (Phi) is 19.4. The SMILES string of the molecule is CN[C@@H](C)C(=O)N[C@H](C(=O)N1C[C@@H](NC(=O)c2ccc(C(=O)N[C@H]3C[C@@H](C(=O)NC4CCOc5cc(F)ccc54)N(C(=O)[C@@H](NC(=O)[C@H](C)NC)C4CCCCC4)C3)cc2)C[C@H]1C(=O)NC1CCOc2cc(F)ccc21)C1CCCCC1. The zero-order valence-corrected chi connectivity index (χ0v) is 47.2. The van der Waals surface area contributed by atoms with Gasteiger partial charge in [-0.1, -0.05) is 50.7 Å². The Balaban J connectivity index is 0.901. The number of hydrogen-bond acceptors (Lipinski definition) is 12. The fraction of sp³-hybridized carbons (Fsp3) is 0.567. The summed E-state index contributed by atoms with van der Waals surface area (Å²) in [5.74, 6) is -4.24. The fourth-order valence-corrected chi connectivity index (χ4v) is 12.6. The highest BCUT2D eigenvalue weighted by atomic mass is 19.1. The lowest BCUT2D eigenvalue weighted by Gasteiger charge is -2.35. The minimum absolute atomic E-state index is 0.0372. The number of nitrogens with zero attached hydrogens (tertiary/aromatic N) is 2. The van der Waals surface area contributed by atoms with Gasteiger partial charge in [0.25, 0.3) is 11.8 Å². The van der Waals surface area contributed by atoms with Crippen LogP contribution in [0.25, 0.3) is 0 Å². The Bertz CT molecular complexity index is 2660. The quantitative estimate of drug-likeness (QED) is 0.0900. The van der Waals surface area contributed by atoms with Crippen LogP contribution in [-0.2, 0) is 28.8 Å². The van der Waals surface area contributed by atoms with Gasteiger partial charge in [-0.2, -0.15) is 0 Å². The maximum Gasteiger partial charge on any atom is 0.251 e. The summed E-state index contributed by atoms with van der Waals surface area (Å²) in [6.45, 7) is 3.77. The van der Waals surface area contributed by atoms with Gasteiger partial charge in [0, 0.05) is 72.4 Å². The van der Waals surface area contributed by atoms with Crippen LogP contribution in [0.1, 0.15) is 148 Å². The second-order valence-corrected chi connectivity index (χ2v) is 23.0. The van der Waals surface area contributed by atoms with Crippen molar-refractivity contribution in [2.24, 2.45) is 11.8 Å². The van der Waals surface area contributed by atoms with Crippen molar-refractivity contribution in [2.45, 2.75) is 164 Å². The Morgan fingerprint density at radius 3 is 1.26 bits per heavy atom. The lowest BCUT2D eigenvalue weighted by molar-refractivity contribution is -0.143. The van der Waals surface area contributed by atoms with Crippen LogP contribution in [-0.4, -0.2) is 146 Å². The number of amides is 8. The lowest BCUT2D eigenvalue weighted by Crippen LogP contribution is -2.58. The smallest absolute Gasteiger partial charge is 0.251 e. The van der Waals surface area contributed by atoms with Gasteiger partial charge >= 0.3 is 0 Å². The fourth-order valence-electron chi connectivity index (χ4n) is 12.6. The van der Waals surface area contributed by atoms with Gasteiger partial charge in [0.1, 0.15) is 47.3 Å². The van der Waals surface area contributed by atoms with Crippen LogP contribution in [0.15, 0.2) is 60.7 Å². The maximum absolute atomic E-state index is 14.9. The van der Waals surface area contributed by atoms with Gasteiger partial charge < -0.3 is 61.8 Å². The molecule has 2 unspecified atom stereocenters. The second kappa shape index (κ2) is 26.8. The molecule has 4 fully saturated rings. The molecule has 4 aliphatic heterocycles. The number of likely N-dealkylation sites (N-methyl/N-ethyl adjacent to an activating group) is 2. The summed E-state index contributed by atoms with van der Waals surface area (Å²) in [5.41, 5.74) is 1.57. The van der Waals surface area contributed by atoms with Crippen LogP contribution >= 0.6 is 0 Å². The number of hydrogen-bond donors (Lipinski definition) is 8. The van der Waals surface area contributed by atoms with Crippen molar-refractivity contribution in [3.63, 3.8) is 0 Å². The highest BCUT2D eigenvalue weighted by Crippen LogP contribution is 2.37. The standard InChI is InChI=1S/C60H78F2N10O10/c1-33(63-3)53(73)69-51(35-11-7-5-8-12-35)59(79)71-31-41(29-47(71)57(77)67-45-23-25-81-49-27-39(61)19-21-43(45)49)65-55(75)37-15-17-38(18-16-37)56(76)66-42-30-48(58(78)68-46-24-26-82-50-28-40(62)20-22-44(46)50)72(32-42)60(80)52(36-13-9-6-10-14-36)70-54(74)34(2)64-4/h15-22,27-28,33-36,41-42,45-48,51-52,63-64H,5-14,23-26,29-32H2,1-4H3,(H,65,75)(H,66,76)(H,67,77)(H,68,78)(H,69,73)(H,70,74)/t33-,34-,41-,42-,45?,46?,47-,48-,51-,52-/m0/s1. The highest BCUT2D eigenvalue weighted by Gasteiger charge is 2.47. The lowest BCUT2D eigenvalue weighted by atomic mass is 9.83. The van der Waals surface area contributed by atoms with Gasteiger partial charge in [-0.25, -0.2) is 8.78 Å². The number of rotatable bonds is 18. The number of benzene rings is 3. The molecule has 22 heteroatoms. The Morgan fingerprint density at radius 1 is 0.512 bits per heavy atom. The van der Waals surface area contributed by atoms with E-state index in [2.05, 4.69) is 42.5 Å². The molecule has 0 bridgehead atoms. The first-order valence-corrected chi connectivity index (χ1v) is 29.2. The number of carbonyl (C=O) groups excluding carboxylic acids is 8. The van der Waals surface area contributed by atoms with Crippen LogP contribution in [0, 0.1) is 23.5 Å². The van der Waals surface area contributed by atoms with E-state index in [-0.39, 0.29) is 73.9 Å². The molecule has 82 heavy (non-hydrogen) atoms. The van der Waals surface area contributed by atoms with Gasteiger partial charge in [-0.3, -0.25) is 38.4 Å². The van der Waals surface area contributed by atoms with Crippen LogP contribution < -0.4 is 52.0 Å². The molecule has 3 aromatic carbocycles. The van der Waals surface area contributed by atoms with E-state index in [9.17, 15) is 47.1 Å². The zero-order valence-electron chi connectivity index (χ0n) is 47.2. The van der Waals surface area contributed by atoms with E-state index in [1.54, 1.807) is 40.1 Å². The number of fused-ring (bicyclic) bond motifs is 2. The van der Waals surface area contributed by atoms with Crippen molar-refractivity contribution >= 4 is 47.3 Å². The molecule has 10 atom stereocenters. The summed E-state index contributed by atoms with van der Waals surface area (Å²) in [5, 5.41) is 24.0. The number of carbonyl (C=O) groups is 8. The van der Waals surface area contributed by atoms with E-state index < -0.39 is 107 Å². The van der Waals surface area contributed by atoms with E-state index >= 15 is 0 Å². The van der Waals surface area contributed by atoms with Crippen molar-refractivity contribution < 1.29 is 56.6 Å². The average Bonchev–Trinajstić information content (AvgIpc) is 4.31. The molecule has 8 N–H and O–H groups in total. The minimum atomic E-state index is -1.05. The summed E-state index contributed by atoms with van der Waals surface area (Å²) in [6, 6.07) is 6.57. The minimum Gasteiger partial charge on any atom is -0.493 e. The maximum atomic E-state index is 14.9. The normalized spacial score (nSPS) is 24.2. The molecule has 9 rings (SSSR count). The van der Waals surface area contributed by atoms with Gasteiger partial charge in [0.05, 0.1) is 37.4 Å². The summed E-state index contributed by atoms with van der Waals surface area (Å²) >= 11 is 0. The van der Waals surface area contributed by atoms with Gasteiger partial charge in [0.15, 0.2) is 0 Å². The molecule has 0 radical (unpaired) electrons. The van der Waals surface area contributed by atoms with E-state index in [1.165, 1.54) is 58.3 Å². The first kappa shape index (κ1) is 59.4. The topological polar surface area (TPSA) is 258 Å². The van der Waals surface area contributed by atoms with Crippen LogP contribution in [0.4, 0.5) is 8.78 Å². The first-order valence-electron chi connectivity index (χ1n) is 29.2.